The van der Waals surface area contributed by atoms with E-state index in [1.165, 1.54) is 16.8 Å². The zero-order chi connectivity index (χ0) is 37.4. The zero-order valence-corrected chi connectivity index (χ0v) is 30.3. The number of ether oxygens (including phenoxy) is 3. The van der Waals surface area contributed by atoms with E-state index in [1.807, 2.05) is 63.8 Å². The number of anilines is 2. The van der Waals surface area contributed by atoms with Crippen LogP contribution in [0.25, 0.3) is 16.8 Å². The molecule has 2 fully saturated rings. The summed E-state index contributed by atoms with van der Waals surface area (Å²) in [5.41, 5.74) is 7.56. The van der Waals surface area contributed by atoms with Crippen molar-refractivity contribution in [2.45, 2.75) is 90.8 Å². The van der Waals surface area contributed by atoms with Crippen LogP contribution in [0.2, 0.25) is 0 Å². The lowest BCUT2D eigenvalue weighted by Gasteiger charge is -2.39. The van der Waals surface area contributed by atoms with Crippen molar-refractivity contribution in [2.24, 2.45) is 5.41 Å². The molecule has 4 aromatic rings. The van der Waals surface area contributed by atoms with E-state index < -0.39 is 17.9 Å². The topological polar surface area (TPSA) is 130 Å². The van der Waals surface area contributed by atoms with Crippen LogP contribution in [-0.2, 0) is 9.53 Å². The smallest absolute Gasteiger partial charge is 0.429 e. The standard InChI is InChI=1S/C38H46F3N7O4/c1-23(2)50-27-10-7-25(8-11-27)26-9-12-28(30(19-26)48-16-13-24(3)46-48)33(38(39,40)41)51-32-20-31(44-35(42)45-32)47-17-14-37(15-18-47)21-29(43-22-37)34(49)52-36(4,5)6/h7-13,16,19-20,23,29,33,43H,14-15,17-18,21-22H2,1-6H3,(H2,42,44,45)/t29?,33-/m1/s1. The van der Waals surface area contributed by atoms with Crippen LogP contribution >= 0.6 is 0 Å². The average molecular weight is 722 g/mol. The molecule has 2 saturated heterocycles. The number of aryl methyl sites for hydroxylation is 1. The monoisotopic (exact) mass is 721 g/mol. The van der Waals surface area contributed by atoms with Gasteiger partial charge in [-0.25, -0.2) is 4.68 Å². The van der Waals surface area contributed by atoms with Gasteiger partial charge in [0, 0.05) is 37.5 Å². The number of nitrogen functional groups attached to an aromatic ring is 1. The largest absolute Gasteiger partial charge is 0.491 e. The summed E-state index contributed by atoms with van der Waals surface area (Å²) in [5, 5.41) is 7.76. The van der Waals surface area contributed by atoms with E-state index in [0.717, 1.165) is 18.4 Å². The number of piperidine rings is 1. The van der Waals surface area contributed by atoms with E-state index >= 15 is 0 Å². The second-order valence-electron chi connectivity index (χ2n) is 15.0. The molecule has 2 atom stereocenters. The maximum absolute atomic E-state index is 15.0. The van der Waals surface area contributed by atoms with Gasteiger partial charge in [0.25, 0.3) is 0 Å². The van der Waals surface area contributed by atoms with Crippen LogP contribution in [0, 0.1) is 12.3 Å². The normalized spacial score (nSPS) is 18.1. The Hall–Kier alpha value is -4.85. The summed E-state index contributed by atoms with van der Waals surface area (Å²) in [6, 6.07) is 14.8. The van der Waals surface area contributed by atoms with Gasteiger partial charge in [-0.2, -0.15) is 28.2 Å². The number of hydrogen-bond donors (Lipinski definition) is 2. The third kappa shape index (κ3) is 8.60. The maximum Gasteiger partial charge on any atom is 0.429 e. The van der Waals surface area contributed by atoms with Gasteiger partial charge in [-0.3, -0.25) is 4.79 Å². The number of alkyl halides is 3. The lowest BCUT2D eigenvalue weighted by atomic mass is 9.76. The van der Waals surface area contributed by atoms with Crippen molar-refractivity contribution in [2.75, 3.05) is 30.3 Å². The number of hydrogen-bond acceptors (Lipinski definition) is 10. The first-order valence-corrected chi connectivity index (χ1v) is 17.5. The maximum atomic E-state index is 15.0. The van der Waals surface area contributed by atoms with Crippen molar-refractivity contribution in [1.82, 2.24) is 25.1 Å². The molecule has 2 aliphatic heterocycles. The van der Waals surface area contributed by atoms with E-state index in [9.17, 15) is 18.0 Å². The number of rotatable bonds is 9. The summed E-state index contributed by atoms with van der Waals surface area (Å²) in [4.78, 5) is 23.1. The van der Waals surface area contributed by atoms with Crippen molar-refractivity contribution in [1.29, 1.82) is 0 Å². The molecule has 4 heterocycles. The van der Waals surface area contributed by atoms with E-state index in [1.54, 1.807) is 31.3 Å². The fourth-order valence-electron chi connectivity index (χ4n) is 6.82. The number of aromatic nitrogens is 4. The minimum absolute atomic E-state index is 0.00205. The third-order valence-corrected chi connectivity index (χ3v) is 9.28. The zero-order valence-electron chi connectivity index (χ0n) is 30.3. The second-order valence-corrected chi connectivity index (χ2v) is 15.0. The Labute approximate surface area is 301 Å². The van der Waals surface area contributed by atoms with Crippen molar-refractivity contribution >= 4 is 17.7 Å². The lowest BCUT2D eigenvalue weighted by Crippen LogP contribution is -2.41. The fraction of sp³-hybridized carbons (Fsp3) is 0.474. The SMILES string of the molecule is Cc1ccn(-c2cc(-c3ccc(OC(C)C)cc3)ccc2[C@@H](Oc2cc(N3CCC4(CC3)CNC(C(=O)OC(C)(C)C)C4)nc(N)n2)C(F)(F)F)n1. The minimum Gasteiger partial charge on any atom is -0.491 e. The van der Waals surface area contributed by atoms with Crippen LogP contribution in [0.4, 0.5) is 24.9 Å². The number of nitrogens with zero attached hydrogens (tertiary/aromatic N) is 5. The first-order chi connectivity index (χ1) is 24.5. The molecule has 0 bridgehead atoms. The van der Waals surface area contributed by atoms with E-state index in [0.29, 0.717) is 48.9 Å². The van der Waals surface area contributed by atoms with Crippen LogP contribution < -0.4 is 25.4 Å². The molecule has 0 aliphatic carbocycles. The summed E-state index contributed by atoms with van der Waals surface area (Å²) in [6.45, 7) is 13.0. The number of benzene rings is 2. The molecule has 2 aromatic heterocycles. The molecule has 52 heavy (non-hydrogen) atoms. The fourth-order valence-corrected chi connectivity index (χ4v) is 6.82. The molecule has 0 radical (unpaired) electrons. The van der Waals surface area contributed by atoms with Gasteiger partial charge >= 0.3 is 12.1 Å². The van der Waals surface area contributed by atoms with E-state index in [4.69, 9.17) is 19.9 Å². The lowest BCUT2D eigenvalue weighted by molar-refractivity contribution is -0.198. The molecule has 3 N–H and O–H groups in total. The van der Waals surface area contributed by atoms with Gasteiger partial charge in [0.15, 0.2) is 0 Å². The Balaban J connectivity index is 1.24. The average Bonchev–Trinajstić information content (AvgIpc) is 3.69. The molecule has 1 spiro atoms. The van der Waals surface area contributed by atoms with Gasteiger partial charge < -0.3 is 30.2 Å². The summed E-state index contributed by atoms with van der Waals surface area (Å²) in [6.07, 6.45) is -3.46. The van der Waals surface area contributed by atoms with Crippen molar-refractivity contribution in [3.8, 4) is 28.4 Å². The Bertz CT molecular complexity index is 1880. The quantitative estimate of drug-likeness (QED) is 0.175. The molecule has 2 aliphatic rings. The van der Waals surface area contributed by atoms with Crippen LogP contribution in [0.15, 0.2) is 60.8 Å². The number of esters is 1. The molecular weight excluding hydrogens is 675 g/mol. The molecule has 278 valence electrons. The molecule has 11 nitrogen and oxygen atoms in total. The molecule has 2 aromatic carbocycles. The minimum atomic E-state index is -4.83. The summed E-state index contributed by atoms with van der Waals surface area (Å²) in [7, 11) is 0. The Morgan fingerprint density at radius 2 is 1.67 bits per heavy atom. The number of halogens is 3. The summed E-state index contributed by atoms with van der Waals surface area (Å²) in [5.74, 6) is 0.298. The third-order valence-electron chi connectivity index (χ3n) is 9.28. The number of carbonyl (C=O) groups is 1. The Morgan fingerprint density at radius 3 is 2.29 bits per heavy atom. The van der Waals surface area contributed by atoms with Gasteiger partial charge in [0.2, 0.25) is 17.9 Å². The van der Waals surface area contributed by atoms with Gasteiger partial charge in [-0.05, 0) is 102 Å². The predicted octanol–water partition coefficient (Wildman–Crippen LogP) is 6.98. The van der Waals surface area contributed by atoms with E-state index in [-0.39, 0.29) is 46.6 Å². The van der Waals surface area contributed by atoms with Crippen molar-refractivity contribution < 1.29 is 32.2 Å². The molecule has 6 rings (SSSR count). The van der Waals surface area contributed by atoms with Crippen molar-refractivity contribution in [3.63, 3.8) is 0 Å². The Morgan fingerprint density at radius 1 is 0.981 bits per heavy atom. The van der Waals surface area contributed by atoms with Gasteiger partial charge in [0.1, 0.15) is 23.2 Å². The highest BCUT2D eigenvalue weighted by Crippen LogP contribution is 2.43. The van der Waals surface area contributed by atoms with Crippen LogP contribution in [-0.4, -0.2) is 69.3 Å². The molecule has 14 heteroatoms. The first-order valence-electron chi connectivity index (χ1n) is 17.5. The summed E-state index contributed by atoms with van der Waals surface area (Å²) < 4.78 is 63.4. The number of nitrogens with two attached hydrogens (primary N) is 1. The first kappa shape index (κ1) is 36.9. The number of nitrogens with one attached hydrogen (secondary N) is 1. The molecule has 0 amide bonds. The summed E-state index contributed by atoms with van der Waals surface area (Å²) >= 11 is 0. The predicted molar refractivity (Wildman–Crippen MR) is 192 cm³/mol. The second kappa shape index (κ2) is 14.3. The highest BCUT2D eigenvalue weighted by molar-refractivity contribution is 5.76. The highest BCUT2D eigenvalue weighted by Gasteiger charge is 2.46. The highest BCUT2D eigenvalue weighted by atomic mass is 19.4. The molecule has 1 unspecified atom stereocenters. The molecule has 0 saturated carbocycles. The molecular formula is C38H46F3N7O4. The van der Waals surface area contributed by atoms with Crippen molar-refractivity contribution in [3.05, 3.63) is 72.1 Å². The van der Waals surface area contributed by atoms with Gasteiger partial charge in [-0.1, -0.05) is 24.3 Å². The van der Waals surface area contributed by atoms with E-state index in [2.05, 4.69) is 20.4 Å². The Kier molecular flexibility index (Phi) is 10.1. The van der Waals surface area contributed by atoms with Gasteiger partial charge in [-0.15, -0.1) is 0 Å². The van der Waals surface area contributed by atoms with Gasteiger partial charge in [0.05, 0.1) is 17.5 Å². The van der Waals surface area contributed by atoms with Crippen LogP contribution in [0.1, 0.15) is 71.2 Å². The number of carbonyl (C=O) groups excluding carboxylic acids is 1. The van der Waals surface area contributed by atoms with Crippen LogP contribution in [0.5, 0.6) is 11.6 Å². The van der Waals surface area contributed by atoms with Crippen LogP contribution in [0.3, 0.4) is 0 Å².